The second-order valence-corrected chi connectivity index (χ2v) is 9.39. The summed E-state index contributed by atoms with van der Waals surface area (Å²) in [6.07, 6.45) is -0.391. The van der Waals surface area contributed by atoms with Crippen LogP contribution >= 0.6 is 0 Å². The summed E-state index contributed by atoms with van der Waals surface area (Å²) in [4.78, 5) is 31.0. The lowest BCUT2D eigenvalue weighted by Crippen LogP contribution is -2.41. The molecule has 2 atom stereocenters. The number of hydrogen-bond donors (Lipinski definition) is 0. The number of likely N-dealkylation sites (tertiary alicyclic amines) is 1. The van der Waals surface area contributed by atoms with Crippen molar-refractivity contribution in [2.75, 3.05) is 45.2 Å². The second kappa shape index (κ2) is 9.64. The molecular weight excluding hydrogens is 461 g/mol. The van der Waals surface area contributed by atoms with Gasteiger partial charge in [-0.15, -0.1) is 0 Å². The minimum absolute atomic E-state index is 0.0261. The van der Waals surface area contributed by atoms with Crippen molar-refractivity contribution < 1.29 is 27.2 Å². The third-order valence-electron chi connectivity index (χ3n) is 7.12. The molecule has 35 heavy (non-hydrogen) atoms. The first-order valence-electron chi connectivity index (χ1n) is 11.5. The van der Waals surface area contributed by atoms with Gasteiger partial charge in [-0.2, -0.15) is 18.4 Å². The molecule has 1 aromatic carbocycles. The van der Waals surface area contributed by atoms with Gasteiger partial charge < -0.3 is 19.1 Å². The van der Waals surface area contributed by atoms with E-state index in [1.54, 1.807) is 42.1 Å². The number of furan rings is 1. The summed E-state index contributed by atoms with van der Waals surface area (Å²) in [5.41, 5.74) is -0.452. The van der Waals surface area contributed by atoms with Crippen molar-refractivity contribution in [1.29, 1.82) is 5.26 Å². The molecule has 0 N–H and O–H groups in total. The lowest BCUT2D eigenvalue weighted by molar-refractivity contribution is -0.137. The van der Waals surface area contributed by atoms with Crippen LogP contribution in [-0.2, 0) is 11.0 Å². The Balaban J connectivity index is 1.48. The molecule has 186 valence electrons. The fraction of sp³-hybridized carbons (Fsp3) is 0.480. The number of anilines is 1. The Kier molecular flexibility index (Phi) is 6.79. The number of hydrogen-bond acceptors (Lipinski definition) is 5. The zero-order valence-electron chi connectivity index (χ0n) is 19.6. The Bertz CT molecular complexity index is 1120. The average Bonchev–Trinajstić information content (AvgIpc) is 3.53. The molecular formula is C25H27F3N4O3. The maximum absolute atomic E-state index is 13.4. The topological polar surface area (TPSA) is 80.8 Å². The number of rotatable bonds is 4. The fourth-order valence-electron chi connectivity index (χ4n) is 5.28. The average molecular weight is 489 g/mol. The van der Waals surface area contributed by atoms with E-state index in [9.17, 15) is 22.8 Å². The molecule has 0 radical (unpaired) electrons. The lowest BCUT2D eigenvalue weighted by atomic mass is 9.78. The number of alkyl halides is 3. The predicted octanol–water partition coefficient (Wildman–Crippen LogP) is 3.86. The molecule has 7 nitrogen and oxygen atoms in total. The maximum Gasteiger partial charge on any atom is 0.417 e. The van der Waals surface area contributed by atoms with E-state index in [1.807, 2.05) is 4.90 Å². The smallest absolute Gasteiger partial charge is 0.417 e. The van der Waals surface area contributed by atoms with Gasteiger partial charge in [0.25, 0.3) is 5.91 Å². The molecule has 2 saturated heterocycles. The molecule has 2 amide bonds. The van der Waals surface area contributed by atoms with Gasteiger partial charge in [-0.25, -0.2) is 0 Å². The number of carbonyl (C=O) groups is 2. The molecule has 3 heterocycles. The molecule has 0 spiro atoms. The Morgan fingerprint density at radius 3 is 2.43 bits per heavy atom. The minimum Gasteiger partial charge on any atom is -0.472 e. The van der Waals surface area contributed by atoms with Gasteiger partial charge >= 0.3 is 6.18 Å². The summed E-state index contributed by atoms with van der Waals surface area (Å²) in [7, 11) is 3.40. The van der Waals surface area contributed by atoms with Crippen LogP contribution < -0.4 is 4.90 Å². The largest absolute Gasteiger partial charge is 0.472 e. The van der Waals surface area contributed by atoms with E-state index in [2.05, 4.69) is 0 Å². The molecule has 2 fully saturated rings. The summed E-state index contributed by atoms with van der Waals surface area (Å²) in [5, 5.41) is 9.04. The molecule has 2 aliphatic heterocycles. The number of carbonyl (C=O) groups excluding carboxylic acids is 2. The third kappa shape index (κ3) is 4.99. The second-order valence-electron chi connectivity index (χ2n) is 9.39. The van der Waals surface area contributed by atoms with Crippen molar-refractivity contribution in [2.24, 2.45) is 17.8 Å². The highest BCUT2D eigenvalue weighted by molar-refractivity contribution is 5.94. The van der Waals surface area contributed by atoms with Gasteiger partial charge in [0.15, 0.2) is 0 Å². The first-order valence-corrected chi connectivity index (χ1v) is 11.5. The summed E-state index contributed by atoms with van der Waals surface area (Å²) < 4.78 is 45.2. The monoisotopic (exact) mass is 488 g/mol. The maximum atomic E-state index is 13.4. The summed E-state index contributed by atoms with van der Waals surface area (Å²) >= 11 is 0. The van der Waals surface area contributed by atoms with Crippen LogP contribution in [0.1, 0.15) is 34.3 Å². The standard InChI is InChI=1S/C25H27F3N4O3/c1-30(2)24(34)21-14-32(23(33)18-7-10-35-15-18)13-20(21)16-5-8-31(9-6-16)19-4-3-17(12-29)22(11-19)25(26,27)28/h3-4,7,10-11,15-16,20-21H,5-6,8-9,13-14H2,1-2H3/t20-,21+/m0/s1. The van der Waals surface area contributed by atoms with Gasteiger partial charge in [-0.3, -0.25) is 9.59 Å². The van der Waals surface area contributed by atoms with Gasteiger partial charge in [0, 0.05) is 46.0 Å². The Labute approximate surface area is 201 Å². The first kappa shape index (κ1) is 24.6. The molecule has 10 heteroatoms. The van der Waals surface area contributed by atoms with Crippen LogP contribution in [0.4, 0.5) is 18.9 Å². The van der Waals surface area contributed by atoms with Crippen molar-refractivity contribution in [2.45, 2.75) is 19.0 Å². The molecule has 0 unspecified atom stereocenters. The van der Waals surface area contributed by atoms with E-state index in [-0.39, 0.29) is 29.6 Å². The van der Waals surface area contributed by atoms with Crippen LogP contribution in [0.2, 0.25) is 0 Å². The Morgan fingerprint density at radius 2 is 1.86 bits per heavy atom. The van der Waals surface area contributed by atoms with Crippen LogP contribution in [0, 0.1) is 29.1 Å². The van der Waals surface area contributed by atoms with Crippen LogP contribution in [0.5, 0.6) is 0 Å². The summed E-state index contributed by atoms with van der Waals surface area (Å²) in [6, 6.07) is 7.02. The number of halogens is 3. The lowest BCUT2D eigenvalue weighted by Gasteiger charge is -2.38. The van der Waals surface area contributed by atoms with Crippen LogP contribution in [0.25, 0.3) is 0 Å². The molecule has 0 bridgehead atoms. The van der Waals surface area contributed by atoms with Crippen LogP contribution in [-0.4, -0.2) is 61.9 Å². The van der Waals surface area contributed by atoms with Crippen LogP contribution in [0.15, 0.2) is 41.2 Å². The van der Waals surface area contributed by atoms with Crippen molar-refractivity contribution >= 4 is 17.5 Å². The highest BCUT2D eigenvalue weighted by atomic mass is 19.4. The molecule has 2 aromatic rings. The molecule has 1 aromatic heterocycles. The van der Waals surface area contributed by atoms with E-state index < -0.39 is 17.3 Å². The predicted molar refractivity (Wildman–Crippen MR) is 121 cm³/mol. The fourth-order valence-corrected chi connectivity index (χ4v) is 5.28. The minimum atomic E-state index is -4.60. The van der Waals surface area contributed by atoms with E-state index in [4.69, 9.17) is 9.68 Å². The summed E-state index contributed by atoms with van der Waals surface area (Å²) in [5.74, 6) is -0.407. The zero-order chi connectivity index (χ0) is 25.3. The number of amides is 2. The molecule has 2 aliphatic rings. The normalized spacial score (nSPS) is 21.1. The van der Waals surface area contributed by atoms with Crippen molar-refractivity contribution in [3.8, 4) is 6.07 Å². The highest BCUT2D eigenvalue weighted by Gasteiger charge is 2.45. The number of benzene rings is 1. The van der Waals surface area contributed by atoms with Crippen molar-refractivity contribution in [3.63, 3.8) is 0 Å². The van der Waals surface area contributed by atoms with Gasteiger partial charge in [-0.05, 0) is 48.9 Å². The third-order valence-corrected chi connectivity index (χ3v) is 7.12. The summed E-state index contributed by atoms with van der Waals surface area (Å²) in [6.45, 7) is 1.84. The van der Waals surface area contributed by atoms with Crippen LogP contribution in [0.3, 0.4) is 0 Å². The van der Waals surface area contributed by atoms with Gasteiger partial charge in [0.2, 0.25) is 5.91 Å². The highest BCUT2D eigenvalue weighted by Crippen LogP contribution is 2.39. The van der Waals surface area contributed by atoms with Crippen molar-refractivity contribution in [1.82, 2.24) is 9.80 Å². The van der Waals surface area contributed by atoms with Gasteiger partial charge in [0.05, 0.1) is 34.9 Å². The Hall–Kier alpha value is -3.48. The van der Waals surface area contributed by atoms with E-state index in [0.29, 0.717) is 50.3 Å². The SMILES string of the molecule is CN(C)C(=O)[C@@H]1CN(C(=O)c2ccoc2)C[C@H]1C1CCN(c2ccc(C#N)c(C(F)(F)F)c2)CC1. The van der Waals surface area contributed by atoms with E-state index in [1.165, 1.54) is 18.6 Å². The zero-order valence-corrected chi connectivity index (χ0v) is 19.6. The number of nitrogens with zero attached hydrogens (tertiary/aromatic N) is 4. The molecule has 0 aliphatic carbocycles. The van der Waals surface area contributed by atoms with Gasteiger partial charge in [-0.1, -0.05) is 0 Å². The first-order chi connectivity index (χ1) is 16.6. The quantitative estimate of drug-likeness (QED) is 0.653. The number of piperidine rings is 1. The van der Waals surface area contributed by atoms with E-state index in [0.717, 1.165) is 6.07 Å². The molecule has 0 saturated carbocycles. The number of nitriles is 1. The molecule has 4 rings (SSSR count). The van der Waals surface area contributed by atoms with E-state index >= 15 is 0 Å². The van der Waals surface area contributed by atoms with Crippen molar-refractivity contribution in [3.05, 3.63) is 53.5 Å². The van der Waals surface area contributed by atoms with Gasteiger partial charge in [0.1, 0.15) is 6.26 Å². The Morgan fingerprint density at radius 1 is 1.14 bits per heavy atom.